The second-order valence-electron chi connectivity index (χ2n) is 7.69. The van der Waals surface area contributed by atoms with E-state index in [0.717, 1.165) is 55.6 Å². The van der Waals surface area contributed by atoms with Crippen LogP contribution < -0.4 is 15.0 Å². The molecule has 0 amide bonds. The second-order valence-corrected chi connectivity index (χ2v) is 7.69. The van der Waals surface area contributed by atoms with Crippen LogP contribution in [0.15, 0.2) is 70.3 Å². The van der Waals surface area contributed by atoms with Crippen molar-refractivity contribution in [3.8, 4) is 17.2 Å². The zero-order valence-electron chi connectivity index (χ0n) is 17.9. The molecule has 6 heteroatoms. The Morgan fingerprint density at radius 3 is 2.52 bits per heavy atom. The number of methoxy groups -OCH3 is 1. The quantitative estimate of drug-likeness (QED) is 0.306. The molecule has 2 heterocycles. The summed E-state index contributed by atoms with van der Waals surface area (Å²) in [5.41, 5.74) is 5.34. The van der Waals surface area contributed by atoms with Crippen LogP contribution in [0.25, 0.3) is 33.3 Å². The lowest BCUT2D eigenvalue weighted by Crippen LogP contribution is -2.09. The van der Waals surface area contributed by atoms with Crippen molar-refractivity contribution in [2.45, 2.75) is 6.92 Å². The van der Waals surface area contributed by atoms with Crippen LogP contribution in [0, 0.1) is 6.92 Å². The molecule has 0 unspecified atom stereocenters. The number of hydrogen-bond donors (Lipinski definition) is 0. The Kier molecular flexibility index (Phi) is 4.55. The number of hydrogen-bond acceptors (Lipinski definition) is 6. The van der Waals surface area contributed by atoms with E-state index in [1.165, 1.54) is 0 Å². The maximum absolute atomic E-state index is 6.38. The molecule has 0 saturated carbocycles. The van der Waals surface area contributed by atoms with Crippen molar-refractivity contribution in [3.63, 3.8) is 0 Å². The van der Waals surface area contributed by atoms with E-state index in [-0.39, 0.29) is 0 Å². The van der Waals surface area contributed by atoms with Gasteiger partial charge in [0.05, 0.1) is 18.2 Å². The van der Waals surface area contributed by atoms with Gasteiger partial charge in [-0.1, -0.05) is 0 Å². The third kappa shape index (κ3) is 3.36. The van der Waals surface area contributed by atoms with E-state index < -0.39 is 0 Å². The molecule has 1 aliphatic heterocycles. The van der Waals surface area contributed by atoms with Crippen molar-refractivity contribution in [1.82, 2.24) is 9.97 Å². The van der Waals surface area contributed by atoms with Crippen molar-refractivity contribution in [3.05, 3.63) is 71.8 Å². The summed E-state index contributed by atoms with van der Waals surface area (Å²) in [6.45, 7) is 2.06. The van der Waals surface area contributed by atoms with Gasteiger partial charge in [-0.3, -0.25) is 4.98 Å². The summed E-state index contributed by atoms with van der Waals surface area (Å²) in [4.78, 5) is 16.0. The maximum atomic E-state index is 6.38. The van der Waals surface area contributed by atoms with Crippen LogP contribution in [-0.4, -0.2) is 31.2 Å². The minimum Gasteiger partial charge on any atom is -0.497 e. The minimum absolute atomic E-state index is 0.677. The highest BCUT2D eigenvalue weighted by molar-refractivity contribution is 5.97. The van der Waals surface area contributed by atoms with E-state index >= 15 is 0 Å². The number of benzene rings is 3. The molecular weight excluding hydrogens is 388 g/mol. The van der Waals surface area contributed by atoms with Gasteiger partial charge in [-0.25, -0.2) is 9.98 Å². The van der Waals surface area contributed by atoms with Crippen molar-refractivity contribution < 1.29 is 9.15 Å². The molecule has 3 aromatic rings. The number of rotatable bonds is 3. The van der Waals surface area contributed by atoms with Crippen LogP contribution in [0.4, 0.5) is 11.4 Å². The Hall–Kier alpha value is -3.93. The van der Waals surface area contributed by atoms with Crippen LogP contribution in [0.5, 0.6) is 5.75 Å². The first-order valence-electron chi connectivity index (χ1n) is 10.0. The van der Waals surface area contributed by atoms with E-state index in [2.05, 4.69) is 22.9 Å². The predicted molar refractivity (Wildman–Crippen MR) is 123 cm³/mol. The molecule has 0 atom stereocenters. The molecule has 0 N–H and O–H groups in total. The zero-order chi connectivity index (χ0) is 21.5. The fourth-order valence-electron chi connectivity index (χ4n) is 3.75. The van der Waals surface area contributed by atoms with Gasteiger partial charge < -0.3 is 14.1 Å². The highest BCUT2D eigenvalue weighted by Crippen LogP contribution is 2.34. The van der Waals surface area contributed by atoms with Crippen molar-refractivity contribution in [1.29, 1.82) is 0 Å². The highest BCUT2D eigenvalue weighted by atomic mass is 16.5. The molecular formula is C25H22N4O2. The van der Waals surface area contributed by atoms with Crippen molar-refractivity contribution in [2.24, 2.45) is 4.99 Å². The molecule has 0 saturated heterocycles. The molecule has 0 radical (unpaired) electrons. The standard InChI is InChI=1S/C25H22N4O2/c1-15-11-17(29(2)3)12-22-24(15)28-25-20-13-18(30-4)5-6-19(20)21(14-23(25)31-22)27-16-7-9-26-10-8-16/h5-14H,1-4H3. The summed E-state index contributed by atoms with van der Waals surface area (Å²) >= 11 is 0. The summed E-state index contributed by atoms with van der Waals surface area (Å²) in [6.07, 6.45) is 3.46. The normalized spacial score (nSPS) is 12.1. The van der Waals surface area contributed by atoms with E-state index in [9.17, 15) is 0 Å². The second kappa shape index (κ2) is 7.40. The van der Waals surface area contributed by atoms with Crippen LogP contribution >= 0.6 is 0 Å². The van der Waals surface area contributed by atoms with Crippen molar-refractivity contribution in [2.75, 3.05) is 26.1 Å². The van der Waals surface area contributed by atoms with E-state index in [0.29, 0.717) is 5.76 Å². The van der Waals surface area contributed by atoms with Gasteiger partial charge >= 0.3 is 0 Å². The van der Waals surface area contributed by atoms with Gasteiger partial charge in [-0.2, -0.15) is 0 Å². The van der Waals surface area contributed by atoms with Crippen molar-refractivity contribution >= 4 is 33.2 Å². The number of nitrogens with zero attached hydrogens (tertiary/aromatic N) is 4. The lowest BCUT2D eigenvalue weighted by molar-refractivity contribution is 0.415. The summed E-state index contributed by atoms with van der Waals surface area (Å²) in [7, 11) is 5.69. The fourth-order valence-corrected chi connectivity index (χ4v) is 3.75. The topological polar surface area (TPSA) is 63.8 Å². The SMILES string of the molecule is COc1ccc2c(=Nc3ccncc3)cc3oc4cc(N(C)C)cc(C)c4nc-3c2c1. The Morgan fingerprint density at radius 1 is 0.968 bits per heavy atom. The molecule has 2 aromatic carbocycles. The van der Waals surface area contributed by atoms with Gasteiger partial charge in [0.25, 0.3) is 0 Å². The lowest BCUT2D eigenvalue weighted by Gasteiger charge is -2.16. The molecule has 154 valence electrons. The van der Waals surface area contributed by atoms with Gasteiger partial charge in [0.15, 0.2) is 11.3 Å². The third-order valence-corrected chi connectivity index (χ3v) is 5.38. The number of ether oxygens (including phenoxy) is 1. The fraction of sp³-hybridized carbons (Fsp3) is 0.160. The molecule has 0 fully saturated rings. The zero-order valence-corrected chi connectivity index (χ0v) is 17.9. The summed E-state index contributed by atoms with van der Waals surface area (Å²) in [5, 5.41) is 2.72. The summed E-state index contributed by atoms with van der Waals surface area (Å²) in [5.74, 6) is 1.44. The molecule has 5 rings (SSSR count). The number of aromatic nitrogens is 2. The molecule has 1 aliphatic carbocycles. The molecule has 2 aliphatic rings. The van der Waals surface area contributed by atoms with Gasteiger partial charge in [0, 0.05) is 55.1 Å². The largest absolute Gasteiger partial charge is 0.497 e. The first kappa shape index (κ1) is 19.1. The Labute approximate surface area is 179 Å². The first-order chi connectivity index (χ1) is 15.0. The van der Waals surface area contributed by atoms with E-state index in [4.69, 9.17) is 19.1 Å². The van der Waals surface area contributed by atoms with Gasteiger partial charge in [-0.15, -0.1) is 0 Å². The van der Waals surface area contributed by atoms with Crippen LogP contribution in [-0.2, 0) is 0 Å². The molecule has 0 spiro atoms. The maximum Gasteiger partial charge on any atom is 0.155 e. The van der Waals surface area contributed by atoms with Gasteiger partial charge in [0.1, 0.15) is 17.0 Å². The number of fused-ring (bicyclic) bond motifs is 4. The Bertz CT molecular complexity index is 1460. The molecule has 1 aromatic heterocycles. The van der Waals surface area contributed by atoms with Crippen LogP contribution in [0.3, 0.4) is 0 Å². The summed E-state index contributed by atoms with van der Waals surface area (Å²) in [6, 6.07) is 15.8. The summed E-state index contributed by atoms with van der Waals surface area (Å²) < 4.78 is 11.9. The minimum atomic E-state index is 0.677. The average Bonchev–Trinajstić information content (AvgIpc) is 2.78. The average molecular weight is 410 g/mol. The van der Waals surface area contributed by atoms with Gasteiger partial charge in [0.2, 0.25) is 0 Å². The number of pyridine rings is 1. The third-order valence-electron chi connectivity index (χ3n) is 5.38. The lowest BCUT2D eigenvalue weighted by atomic mass is 10.0. The monoisotopic (exact) mass is 410 g/mol. The number of aryl methyl sites for hydroxylation is 1. The highest BCUT2D eigenvalue weighted by Gasteiger charge is 2.17. The smallest absolute Gasteiger partial charge is 0.155 e. The van der Waals surface area contributed by atoms with E-state index in [1.807, 2.05) is 56.6 Å². The Balaban J connectivity index is 1.90. The molecule has 31 heavy (non-hydrogen) atoms. The van der Waals surface area contributed by atoms with Gasteiger partial charge in [-0.05, 0) is 48.9 Å². The first-order valence-corrected chi connectivity index (χ1v) is 10.0. The number of anilines is 1. The van der Waals surface area contributed by atoms with E-state index in [1.54, 1.807) is 19.5 Å². The Morgan fingerprint density at radius 2 is 1.77 bits per heavy atom. The molecule has 0 bridgehead atoms. The van der Waals surface area contributed by atoms with Crippen LogP contribution in [0.1, 0.15) is 5.56 Å². The van der Waals surface area contributed by atoms with Crippen LogP contribution in [0.2, 0.25) is 0 Å². The molecule has 6 nitrogen and oxygen atoms in total. The predicted octanol–water partition coefficient (Wildman–Crippen LogP) is 5.10.